The Kier molecular flexibility index (Phi) is 17.6. The van der Waals surface area contributed by atoms with Crippen LogP contribution in [0.15, 0.2) is 0 Å². The van der Waals surface area contributed by atoms with Crippen LogP contribution < -0.4 is 5.32 Å². The Morgan fingerprint density at radius 1 is 0.808 bits per heavy atom. The van der Waals surface area contributed by atoms with Gasteiger partial charge >= 0.3 is 12.1 Å². The highest BCUT2D eigenvalue weighted by atomic mass is 16.5. The number of amides is 1. The number of unbranched alkanes of at least 4 members (excludes halogenated alkanes) is 13. The van der Waals surface area contributed by atoms with Crippen molar-refractivity contribution in [1.29, 1.82) is 0 Å². The van der Waals surface area contributed by atoms with Gasteiger partial charge < -0.3 is 20.3 Å². The molecule has 0 aromatic heterocycles. The van der Waals surface area contributed by atoms with Gasteiger partial charge in [0.1, 0.15) is 0 Å². The van der Waals surface area contributed by atoms with Crippen molar-refractivity contribution in [3.63, 3.8) is 0 Å². The molecule has 0 radical (unpaired) electrons. The van der Waals surface area contributed by atoms with Crippen molar-refractivity contribution in [2.24, 2.45) is 0 Å². The summed E-state index contributed by atoms with van der Waals surface area (Å²) in [5.41, 5.74) is 0. The zero-order chi connectivity index (χ0) is 19.5. The first kappa shape index (κ1) is 24.7. The third kappa shape index (κ3) is 16.2. The van der Waals surface area contributed by atoms with E-state index in [-0.39, 0.29) is 6.61 Å². The molecule has 0 aromatic rings. The third-order valence-corrected chi connectivity index (χ3v) is 4.50. The molecule has 0 heterocycles. The molecule has 3 N–H and O–H groups in total. The number of ether oxygens (including phenoxy) is 1. The molecule has 0 spiro atoms. The van der Waals surface area contributed by atoms with E-state index in [1.165, 1.54) is 70.6 Å². The van der Waals surface area contributed by atoms with Gasteiger partial charge in [0.25, 0.3) is 0 Å². The fourth-order valence-corrected chi connectivity index (χ4v) is 2.83. The maximum absolute atomic E-state index is 11.3. The van der Waals surface area contributed by atoms with Gasteiger partial charge in [-0.1, -0.05) is 90.4 Å². The van der Waals surface area contributed by atoms with Crippen molar-refractivity contribution < 1.29 is 24.5 Å². The zero-order valence-corrected chi connectivity index (χ0v) is 16.5. The van der Waals surface area contributed by atoms with Gasteiger partial charge in [-0.05, 0) is 6.42 Å². The van der Waals surface area contributed by atoms with Crippen LogP contribution in [0.3, 0.4) is 0 Å². The quantitative estimate of drug-likeness (QED) is 0.304. The lowest BCUT2D eigenvalue weighted by Crippen LogP contribution is -2.43. The topological polar surface area (TPSA) is 95.9 Å². The summed E-state index contributed by atoms with van der Waals surface area (Å²) in [6.45, 7) is 1.88. The molecular formula is C20H39NO5. The number of alkyl carbamates (subject to hydrolysis) is 1. The second kappa shape index (κ2) is 18.5. The summed E-state index contributed by atoms with van der Waals surface area (Å²) < 4.78 is 4.91. The average molecular weight is 374 g/mol. The molecule has 0 saturated heterocycles. The minimum absolute atomic E-state index is 0.279. The molecule has 0 unspecified atom stereocenters. The highest BCUT2D eigenvalue weighted by molar-refractivity contribution is 5.79. The number of carboxylic acid groups (broad SMARTS) is 1. The van der Waals surface area contributed by atoms with Crippen LogP contribution in [0.1, 0.15) is 96.8 Å². The second-order valence-electron chi connectivity index (χ2n) is 6.95. The van der Waals surface area contributed by atoms with E-state index in [4.69, 9.17) is 14.9 Å². The van der Waals surface area contributed by atoms with E-state index in [9.17, 15) is 9.59 Å². The fourth-order valence-electron chi connectivity index (χ4n) is 2.83. The summed E-state index contributed by atoms with van der Waals surface area (Å²) in [6.07, 6.45) is 16.9. The van der Waals surface area contributed by atoms with Crippen LogP contribution in [-0.2, 0) is 9.53 Å². The zero-order valence-electron chi connectivity index (χ0n) is 16.5. The molecule has 0 aliphatic carbocycles. The molecule has 0 bridgehead atoms. The van der Waals surface area contributed by atoms with E-state index in [0.29, 0.717) is 0 Å². The van der Waals surface area contributed by atoms with Crippen molar-refractivity contribution in [2.75, 3.05) is 13.2 Å². The maximum Gasteiger partial charge on any atom is 0.407 e. The molecular weight excluding hydrogens is 334 g/mol. The van der Waals surface area contributed by atoms with Gasteiger partial charge in [0.2, 0.25) is 0 Å². The predicted octanol–water partition coefficient (Wildman–Crippen LogP) is 4.64. The molecule has 0 saturated carbocycles. The number of hydrogen-bond acceptors (Lipinski definition) is 4. The lowest BCUT2D eigenvalue weighted by Gasteiger charge is -2.11. The number of carbonyl (C=O) groups excluding carboxylic acids is 1. The molecule has 0 aromatic carbocycles. The summed E-state index contributed by atoms with van der Waals surface area (Å²) in [6, 6.07) is -1.31. The van der Waals surface area contributed by atoms with Crippen LogP contribution >= 0.6 is 0 Å². The number of aliphatic carboxylic acids is 1. The van der Waals surface area contributed by atoms with E-state index in [1.807, 2.05) is 0 Å². The number of hydrogen-bond donors (Lipinski definition) is 3. The number of aliphatic hydroxyl groups is 1. The smallest absolute Gasteiger partial charge is 0.407 e. The normalized spacial score (nSPS) is 11.9. The van der Waals surface area contributed by atoms with E-state index in [1.54, 1.807) is 0 Å². The number of carboxylic acids is 1. The molecule has 0 aliphatic rings. The Bertz CT molecular complexity index is 349. The third-order valence-electron chi connectivity index (χ3n) is 4.50. The Morgan fingerprint density at radius 2 is 1.23 bits per heavy atom. The first-order valence-corrected chi connectivity index (χ1v) is 10.4. The minimum atomic E-state index is -1.31. The van der Waals surface area contributed by atoms with E-state index >= 15 is 0 Å². The Labute approximate surface area is 158 Å². The molecule has 26 heavy (non-hydrogen) atoms. The SMILES string of the molecule is CCCCCCCCCCCCCCCCOC(=O)N[C@@H](CO)C(=O)O. The van der Waals surface area contributed by atoms with Crippen molar-refractivity contribution in [1.82, 2.24) is 5.32 Å². The number of rotatable bonds is 18. The summed E-state index contributed by atoms with van der Waals surface area (Å²) >= 11 is 0. The summed E-state index contributed by atoms with van der Waals surface area (Å²) in [5, 5.41) is 19.6. The molecule has 1 amide bonds. The molecule has 0 fully saturated rings. The highest BCUT2D eigenvalue weighted by Crippen LogP contribution is 2.12. The van der Waals surface area contributed by atoms with Crippen molar-refractivity contribution in [2.45, 2.75) is 103 Å². The van der Waals surface area contributed by atoms with Crippen LogP contribution in [-0.4, -0.2) is 41.5 Å². The Morgan fingerprint density at radius 3 is 1.62 bits per heavy atom. The molecule has 6 nitrogen and oxygen atoms in total. The number of aliphatic hydroxyl groups excluding tert-OH is 1. The molecule has 6 heteroatoms. The van der Waals surface area contributed by atoms with Crippen LogP contribution in [0.25, 0.3) is 0 Å². The van der Waals surface area contributed by atoms with Crippen molar-refractivity contribution in [3.8, 4) is 0 Å². The predicted molar refractivity (Wildman–Crippen MR) is 103 cm³/mol. The Balaban J connectivity index is 3.26. The maximum atomic E-state index is 11.3. The van der Waals surface area contributed by atoms with Gasteiger partial charge in [-0.2, -0.15) is 0 Å². The summed E-state index contributed by atoms with van der Waals surface area (Å²) in [4.78, 5) is 22.0. The van der Waals surface area contributed by atoms with Gasteiger partial charge in [0.15, 0.2) is 6.04 Å². The van der Waals surface area contributed by atoms with Gasteiger partial charge in [-0.25, -0.2) is 9.59 Å². The molecule has 0 aliphatic heterocycles. The fraction of sp³-hybridized carbons (Fsp3) is 0.900. The van der Waals surface area contributed by atoms with Crippen LogP contribution in [0.4, 0.5) is 4.79 Å². The summed E-state index contributed by atoms with van der Waals surface area (Å²) in [7, 11) is 0. The Hall–Kier alpha value is -1.30. The standard InChI is InChI=1S/C20H39NO5/c1-2-3-4-5-6-7-8-9-10-11-12-13-14-15-16-26-20(25)21-18(17-22)19(23)24/h18,22H,2-17H2,1H3,(H,21,25)(H,23,24)/t18-/m0/s1. The van der Waals surface area contributed by atoms with Gasteiger partial charge in [-0.15, -0.1) is 0 Å². The number of carbonyl (C=O) groups is 2. The van der Waals surface area contributed by atoms with Gasteiger partial charge in [0, 0.05) is 0 Å². The van der Waals surface area contributed by atoms with E-state index in [0.717, 1.165) is 19.3 Å². The summed E-state index contributed by atoms with van der Waals surface area (Å²) in [5.74, 6) is -1.28. The van der Waals surface area contributed by atoms with Gasteiger partial charge in [-0.3, -0.25) is 0 Å². The van der Waals surface area contributed by atoms with Crippen molar-refractivity contribution in [3.05, 3.63) is 0 Å². The molecule has 154 valence electrons. The highest BCUT2D eigenvalue weighted by Gasteiger charge is 2.19. The first-order valence-electron chi connectivity index (χ1n) is 10.4. The van der Waals surface area contributed by atoms with Crippen LogP contribution in [0.2, 0.25) is 0 Å². The number of nitrogens with one attached hydrogen (secondary N) is 1. The van der Waals surface area contributed by atoms with Gasteiger partial charge in [0.05, 0.1) is 13.2 Å². The minimum Gasteiger partial charge on any atom is -0.480 e. The van der Waals surface area contributed by atoms with Crippen LogP contribution in [0, 0.1) is 0 Å². The lowest BCUT2D eigenvalue weighted by atomic mass is 10.0. The molecule has 1 atom stereocenters. The second-order valence-corrected chi connectivity index (χ2v) is 6.95. The van der Waals surface area contributed by atoms with Crippen molar-refractivity contribution >= 4 is 12.1 Å². The molecule has 0 rings (SSSR count). The van der Waals surface area contributed by atoms with Crippen LogP contribution in [0.5, 0.6) is 0 Å². The average Bonchev–Trinajstić information content (AvgIpc) is 2.62. The monoisotopic (exact) mass is 373 g/mol. The lowest BCUT2D eigenvalue weighted by molar-refractivity contribution is -0.140. The first-order chi connectivity index (χ1) is 12.6. The van der Waals surface area contributed by atoms with E-state index < -0.39 is 24.7 Å². The largest absolute Gasteiger partial charge is 0.480 e. The van der Waals surface area contributed by atoms with E-state index in [2.05, 4.69) is 12.2 Å².